The standard InChI is InChI=1S/C10H19BrN4/c1-3-5-9(14-12)10-8(11)7-13-15(10)6-4-2/h7,9,14H,3-6,12H2,1-2H3. The second-order valence-electron chi connectivity index (χ2n) is 3.61. The molecule has 0 aliphatic rings. The normalized spacial score (nSPS) is 13.1. The molecule has 1 heterocycles. The fourth-order valence-corrected chi connectivity index (χ4v) is 2.27. The van der Waals surface area contributed by atoms with E-state index >= 15 is 0 Å². The molecule has 86 valence electrons. The number of rotatable bonds is 6. The number of nitrogens with two attached hydrogens (primary N) is 1. The molecular formula is C10H19BrN4. The van der Waals surface area contributed by atoms with Gasteiger partial charge in [-0.05, 0) is 28.8 Å². The third-order valence-electron chi connectivity index (χ3n) is 2.38. The van der Waals surface area contributed by atoms with Gasteiger partial charge in [-0.25, -0.2) is 0 Å². The molecule has 1 rings (SSSR count). The molecule has 1 atom stereocenters. The molecule has 0 saturated carbocycles. The second-order valence-corrected chi connectivity index (χ2v) is 4.46. The van der Waals surface area contributed by atoms with E-state index in [-0.39, 0.29) is 6.04 Å². The predicted octanol–water partition coefficient (Wildman–Crippen LogP) is 2.36. The molecule has 0 fully saturated rings. The second kappa shape index (κ2) is 6.25. The Bertz CT molecular complexity index is 298. The highest BCUT2D eigenvalue weighted by molar-refractivity contribution is 9.10. The SMILES string of the molecule is CCCC(NN)c1c(Br)cnn1CCC. The molecule has 0 aromatic carbocycles. The number of hydrazine groups is 1. The van der Waals surface area contributed by atoms with E-state index in [4.69, 9.17) is 5.84 Å². The number of aryl methyl sites for hydroxylation is 1. The monoisotopic (exact) mass is 274 g/mol. The van der Waals surface area contributed by atoms with Gasteiger partial charge >= 0.3 is 0 Å². The van der Waals surface area contributed by atoms with Crippen molar-refractivity contribution in [3.05, 3.63) is 16.4 Å². The Morgan fingerprint density at radius 1 is 1.53 bits per heavy atom. The lowest BCUT2D eigenvalue weighted by molar-refractivity contribution is 0.452. The first kappa shape index (κ1) is 12.7. The first-order valence-electron chi connectivity index (χ1n) is 5.41. The molecule has 0 amide bonds. The van der Waals surface area contributed by atoms with E-state index < -0.39 is 0 Å². The van der Waals surface area contributed by atoms with E-state index in [2.05, 4.69) is 40.3 Å². The number of halogens is 1. The Hall–Kier alpha value is -0.390. The van der Waals surface area contributed by atoms with Crippen LogP contribution in [0, 0.1) is 0 Å². The minimum absolute atomic E-state index is 0.179. The summed E-state index contributed by atoms with van der Waals surface area (Å²) in [7, 11) is 0. The fraction of sp³-hybridized carbons (Fsp3) is 0.700. The number of nitrogens with zero attached hydrogens (tertiary/aromatic N) is 2. The average molecular weight is 275 g/mol. The minimum atomic E-state index is 0.179. The van der Waals surface area contributed by atoms with Crippen LogP contribution in [0.1, 0.15) is 44.8 Å². The minimum Gasteiger partial charge on any atom is -0.271 e. The first-order valence-corrected chi connectivity index (χ1v) is 6.21. The third-order valence-corrected chi connectivity index (χ3v) is 2.99. The molecule has 5 heteroatoms. The van der Waals surface area contributed by atoms with Gasteiger partial charge in [0.05, 0.1) is 22.4 Å². The summed E-state index contributed by atoms with van der Waals surface area (Å²) in [6, 6.07) is 0.179. The van der Waals surface area contributed by atoms with Crippen LogP contribution in [0.4, 0.5) is 0 Å². The highest BCUT2D eigenvalue weighted by Gasteiger charge is 2.17. The molecule has 0 saturated heterocycles. The van der Waals surface area contributed by atoms with Crippen molar-refractivity contribution in [2.45, 2.75) is 45.7 Å². The lowest BCUT2D eigenvalue weighted by Gasteiger charge is -2.17. The van der Waals surface area contributed by atoms with Gasteiger partial charge in [-0.15, -0.1) is 0 Å². The number of hydrogen-bond acceptors (Lipinski definition) is 3. The maximum absolute atomic E-state index is 5.57. The van der Waals surface area contributed by atoms with E-state index in [9.17, 15) is 0 Å². The Morgan fingerprint density at radius 2 is 2.27 bits per heavy atom. The average Bonchev–Trinajstić information content (AvgIpc) is 2.58. The summed E-state index contributed by atoms with van der Waals surface area (Å²) in [6.07, 6.45) is 5.03. The summed E-state index contributed by atoms with van der Waals surface area (Å²) in [4.78, 5) is 0. The molecule has 0 spiro atoms. The highest BCUT2D eigenvalue weighted by atomic mass is 79.9. The van der Waals surface area contributed by atoms with Gasteiger partial charge in [0.25, 0.3) is 0 Å². The molecule has 0 aliphatic heterocycles. The van der Waals surface area contributed by atoms with Crippen molar-refractivity contribution in [2.75, 3.05) is 0 Å². The number of aromatic nitrogens is 2. The largest absolute Gasteiger partial charge is 0.271 e. The maximum atomic E-state index is 5.57. The van der Waals surface area contributed by atoms with Crippen LogP contribution in [0.25, 0.3) is 0 Å². The summed E-state index contributed by atoms with van der Waals surface area (Å²) in [6.45, 7) is 5.23. The topological polar surface area (TPSA) is 55.9 Å². The molecular weight excluding hydrogens is 256 g/mol. The van der Waals surface area contributed by atoms with Crippen molar-refractivity contribution in [1.82, 2.24) is 15.2 Å². The highest BCUT2D eigenvalue weighted by Crippen LogP contribution is 2.26. The zero-order chi connectivity index (χ0) is 11.3. The van der Waals surface area contributed by atoms with Crippen LogP contribution in [0.5, 0.6) is 0 Å². The van der Waals surface area contributed by atoms with E-state index in [0.717, 1.165) is 36.0 Å². The van der Waals surface area contributed by atoms with Gasteiger partial charge in [0, 0.05) is 6.54 Å². The molecule has 0 aliphatic carbocycles. The lowest BCUT2D eigenvalue weighted by atomic mass is 10.1. The Morgan fingerprint density at radius 3 is 2.80 bits per heavy atom. The van der Waals surface area contributed by atoms with Crippen molar-refractivity contribution in [3.8, 4) is 0 Å². The summed E-state index contributed by atoms with van der Waals surface area (Å²) in [5.41, 5.74) is 4.01. The summed E-state index contributed by atoms with van der Waals surface area (Å²) >= 11 is 3.52. The summed E-state index contributed by atoms with van der Waals surface area (Å²) in [5.74, 6) is 5.57. The maximum Gasteiger partial charge on any atom is 0.0709 e. The van der Waals surface area contributed by atoms with Crippen molar-refractivity contribution in [1.29, 1.82) is 0 Å². The smallest absolute Gasteiger partial charge is 0.0709 e. The van der Waals surface area contributed by atoms with Crippen molar-refractivity contribution < 1.29 is 0 Å². The Labute approximate surface area is 99.3 Å². The van der Waals surface area contributed by atoms with E-state index in [0.29, 0.717) is 0 Å². The quantitative estimate of drug-likeness (QED) is 0.619. The van der Waals surface area contributed by atoms with Gasteiger partial charge < -0.3 is 0 Å². The van der Waals surface area contributed by atoms with Crippen LogP contribution in [0.15, 0.2) is 10.7 Å². The lowest BCUT2D eigenvalue weighted by Crippen LogP contribution is -2.30. The van der Waals surface area contributed by atoms with Crippen molar-refractivity contribution in [3.63, 3.8) is 0 Å². The zero-order valence-corrected chi connectivity index (χ0v) is 10.9. The van der Waals surface area contributed by atoms with Crippen LogP contribution >= 0.6 is 15.9 Å². The van der Waals surface area contributed by atoms with Gasteiger partial charge in [0.2, 0.25) is 0 Å². The summed E-state index contributed by atoms with van der Waals surface area (Å²) < 4.78 is 3.05. The number of hydrogen-bond donors (Lipinski definition) is 2. The molecule has 4 nitrogen and oxygen atoms in total. The van der Waals surface area contributed by atoms with Crippen LogP contribution < -0.4 is 11.3 Å². The molecule has 15 heavy (non-hydrogen) atoms. The fourth-order valence-electron chi connectivity index (χ4n) is 1.70. The van der Waals surface area contributed by atoms with E-state index in [1.165, 1.54) is 0 Å². The van der Waals surface area contributed by atoms with Gasteiger partial charge in [0.15, 0.2) is 0 Å². The van der Waals surface area contributed by atoms with Gasteiger partial charge in [-0.3, -0.25) is 16.0 Å². The van der Waals surface area contributed by atoms with Gasteiger partial charge in [-0.2, -0.15) is 5.10 Å². The third kappa shape index (κ3) is 3.03. The van der Waals surface area contributed by atoms with Crippen molar-refractivity contribution in [2.24, 2.45) is 5.84 Å². The van der Waals surface area contributed by atoms with Gasteiger partial charge in [0.1, 0.15) is 0 Å². The van der Waals surface area contributed by atoms with Crippen LogP contribution in [0.3, 0.4) is 0 Å². The van der Waals surface area contributed by atoms with Crippen LogP contribution in [-0.2, 0) is 6.54 Å². The van der Waals surface area contributed by atoms with E-state index in [1.54, 1.807) is 0 Å². The van der Waals surface area contributed by atoms with Crippen molar-refractivity contribution >= 4 is 15.9 Å². The predicted molar refractivity (Wildman–Crippen MR) is 65.2 cm³/mol. The molecule has 1 aromatic heterocycles. The van der Waals surface area contributed by atoms with E-state index in [1.807, 2.05) is 10.9 Å². The molecule has 0 bridgehead atoms. The zero-order valence-electron chi connectivity index (χ0n) is 9.33. The first-order chi connectivity index (χ1) is 7.24. The number of nitrogens with one attached hydrogen (secondary N) is 1. The van der Waals surface area contributed by atoms with Gasteiger partial charge in [-0.1, -0.05) is 20.3 Å². The molecule has 0 radical (unpaired) electrons. The van der Waals surface area contributed by atoms with Crippen LogP contribution in [-0.4, -0.2) is 9.78 Å². The molecule has 3 N–H and O–H groups in total. The Kier molecular flexibility index (Phi) is 5.28. The van der Waals surface area contributed by atoms with Crippen LogP contribution in [0.2, 0.25) is 0 Å². The molecule has 1 unspecified atom stereocenters. The Balaban J connectivity index is 2.92. The summed E-state index contributed by atoms with van der Waals surface area (Å²) in [5, 5.41) is 4.33. The molecule has 1 aromatic rings.